The molecule has 1 aliphatic carbocycles. The summed E-state index contributed by atoms with van der Waals surface area (Å²) in [7, 11) is 0. The summed E-state index contributed by atoms with van der Waals surface area (Å²) >= 11 is 0. The van der Waals surface area contributed by atoms with Gasteiger partial charge in [-0.25, -0.2) is 9.97 Å². The van der Waals surface area contributed by atoms with Crippen molar-refractivity contribution in [2.75, 3.05) is 0 Å². The number of hydrogen-bond donors (Lipinski definition) is 1. The second kappa shape index (κ2) is 5.75. The Labute approximate surface area is 101 Å². The number of rotatable bonds is 4. The highest BCUT2D eigenvalue weighted by Crippen LogP contribution is 2.32. The second-order valence-electron chi connectivity index (χ2n) is 4.80. The third-order valence-electron chi connectivity index (χ3n) is 3.57. The molecular formula is C13H18N2O2. The topological polar surface area (TPSA) is 63.1 Å². The van der Waals surface area contributed by atoms with Crippen LogP contribution in [0.15, 0.2) is 18.7 Å². The van der Waals surface area contributed by atoms with E-state index in [2.05, 4.69) is 9.97 Å². The Kier molecular flexibility index (Phi) is 4.07. The van der Waals surface area contributed by atoms with Crippen molar-refractivity contribution in [3.8, 4) is 0 Å². The van der Waals surface area contributed by atoms with Crippen LogP contribution in [-0.2, 0) is 4.79 Å². The van der Waals surface area contributed by atoms with Crippen LogP contribution < -0.4 is 0 Å². The van der Waals surface area contributed by atoms with Gasteiger partial charge in [0.2, 0.25) is 0 Å². The number of aliphatic carboxylic acids is 1. The maximum atomic E-state index is 11.3. The summed E-state index contributed by atoms with van der Waals surface area (Å²) in [6.45, 7) is 0. The third-order valence-corrected chi connectivity index (χ3v) is 3.57. The van der Waals surface area contributed by atoms with Crippen molar-refractivity contribution in [2.24, 2.45) is 5.92 Å². The Hall–Kier alpha value is -1.45. The summed E-state index contributed by atoms with van der Waals surface area (Å²) in [6, 6.07) is 0. The van der Waals surface area contributed by atoms with Crippen LogP contribution in [0.1, 0.15) is 50.0 Å². The molecule has 4 nitrogen and oxygen atoms in total. The molecule has 1 heterocycles. The van der Waals surface area contributed by atoms with Crippen LogP contribution in [0.5, 0.6) is 0 Å². The smallest absolute Gasteiger partial charge is 0.311 e. The van der Waals surface area contributed by atoms with Crippen LogP contribution in [0.25, 0.3) is 0 Å². The predicted molar refractivity (Wildman–Crippen MR) is 63.6 cm³/mol. The zero-order chi connectivity index (χ0) is 12.1. The molecule has 1 N–H and O–H groups in total. The van der Waals surface area contributed by atoms with Gasteiger partial charge in [-0.05, 0) is 12.3 Å². The monoisotopic (exact) mass is 234 g/mol. The van der Waals surface area contributed by atoms with E-state index in [4.69, 9.17) is 0 Å². The number of aromatic nitrogens is 2. The lowest BCUT2D eigenvalue weighted by Crippen LogP contribution is -2.18. The molecule has 1 atom stereocenters. The van der Waals surface area contributed by atoms with Crippen LogP contribution in [0, 0.1) is 5.92 Å². The number of hydrogen-bond acceptors (Lipinski definition) is 3. The normalized spacial score (nSPS) is 18.8. The van der Waals surface area contributed by atoms with Gasteiger partial charge in [0.1, 0.15) is 6.33 Å². The first-order valence-corrected chi connectivity index (χ1v) is 6.25. The van der Waals surface area contributed by atoms with E-state index in [1.165, 1.54) is 25.6 Å². The SMILES string of the molecule is O=C(O)C(CC1CCCCC1)c1cncnc1. The van der Waals surface area contributed by atoms with E-state index in [0.717, 1.165) is 24.8 Å². The fraction of sp³-hybridized carbons (Fsp3) is 0.615. The number of carbonyl (C=O) groups is 1. The van der Waals surface area contributed by atoms with Gasteiger partial charge in [0, 0.05) is 18.0 Å². The van der Waals surface area contributed by atoms with Gasteiger partial charge < -0.3 is 5.11 Å². The van der Waals surface area contributed by atoms with E-state index in [0.29, 0.717) is 5.92 Å². The van der Waals surface area contributed by atoms with Gasteiger partial charge in [0.05, 0.1) is 5.92 Å². The Morgan fingerprint density at radius 2 is 1.94 bits per heavy atom. The molecular weight excluding hydrogens is 216 g/mol. The van der Waals surface area contributed by atoms with Crippen LogP contribution in [-0.4, -0.2) is 21.0 Å². The van der Waals surface area contributed by atoms with Crippen molar-refractivity contribution >= 4 is 5.97 Å². The van der Waals surface area contributed by atoms with Gasteiger partial charge in [-0.15, -0.1) is 0 Å². The highest BCUT2D eigenvalue weighted by Gasteiger charge is 2.25. The predicted octanol–water partition coefficient (Wildman–Crippen LogP) is 2.62. The molecule has 92 valence electrons. The maximum Gasteiger partial charge on any atom is 0.311 e. The molecule has 4 heteroatoms. The first-order chi connectivity index (χ1) is 8.27. The minimum Gasteiger partial charge on any atom is -0.481 e. The lowest BCUT2D eigenvalue weighted by molar-refractivity contribution is -0.139. The fourth-order valence-corrected chi connectivity index (χ4v) is 2.63. The zero-order valence-electron chi connectivity index (χ0n) is 9.88. The van der Waals surface area contributed by atoms with E-state index in [-0.39, 0.29) is 0 Å². The molecule has 0 radical (unpaired) electrons. The zero-order valence-corrected chi connectivity index (χ0v) is 9.88. The Bertz CT molecular complexity index is 361. The largest absolute Gasteiger partial charge is 0.481 e. The van der Waals surface area contributed by atoms with Crippen LogP contribution in [0.3, 0.4) is 0 Å². The molecule has 1 aromatic rings. The van der Waals surface area contributed by atoms with Gasteiger partial charge in [-0.3, -0.25) is 4.79 Å². The van der Waals surface area contributed by atoms with E-state index < -0.39 is 11.9 Å². The molecule has 0 amide bonds. The number of carboxylic acids is 1. The average Bonchev–Trinajstić information content (AvgIpc) is 2.38. The lowest BCUT2D eigenvalue weighted by atomic mass is 9.81. The first kappa shape index (κ1) is 12.0. The van der Waals surface area contributed by atoms with Gasteiger partial charge in [-0.2, -0.15) is 0 Å². The third kappa shape index (κ3) is 3.25. The van der Waals surface area contributed by atoms with Crippen molar-refractivity contribution in [3.05, 3.63) is 24.3 Å². The summed E-state index contributed by atoms with van der Waals surface area (Å²) in [5.41, 5.74) is 0.727. The standard InChI is InChI=1S/C13H18N2O2/c16-13(17)12(11-7-14-9-15-8-11)6-10-4-2-1-3-5-10/h7-10,12H,1-6H2,(H,16,17). The average molecular weight is 234 g/mol. The van der Waals surface area contributed by atoms with Crippen molar-refractivity contribution in [1.29, 1.82) is 0 Å². The van der Waals surface area contributed by atoms with Crippen molar-refractivity contribution in [3.63, 3.8) is 0 Å². The van der Waals surface area contributed by atoms with Crippen LogP contribution in [0.4, 0.5) is 0 Å². The molecule has 1 aromatic heterocycles. The van der Waals surface area contributed by atoms with Gasteiger partial charge in [-0.1, -0.05) is 32.1 Å². The summed E-state index contributed by atoms with van der Waals surface area (Å²) < 4.78 is 0. The number of carboxylic acid groups (broad SMARTS) is 1. The Morgan fingerprint density at radius 1 is 1.29 bits per heavy atom. The Morgan fingerprint density at radius 3 is 2.53 bits per heavy atom. The van der Waals surface area contributed by atoms with E-state index in [1.807, 2.05) is 0 Å². The second-order valence-corrected chi connectivity index (χ2v) is 4.80. The molecule has 2 rings (SSSR count). The molecule has 0 spiro atoms. The van der Waals surface area contributed by atoms with Crippen LogP contribution in [0.2, 0.25) is 0 Å². The van der Waals surface area contributed by atoms with Gasteiger partial charge >= 0.3 is 5.97 Å². The van der Waals surface area contributed by atoms with E-state index in [9.17, 15) is 9.90 Å². The van der Waals surface area contributed by atoms with Crippen molar-refractivity contribution in [2.45, 2.75) is 44.4 Å². The summed E-state index contributed by atoms with van der Waals surface area (Å²) in [5.74, 6) is -0.658. The minimum absolute atomic E-state index is 0.445. The fourth-order valence-electron chi connectivity index (χ4n) is 2.63. The summed E-state index contributed by atoms with van der Waals surface area (Å²) in [5, 5.41) is 9.30. The van der Waals surface area contributed by atoms with Crippen molar-refractivity contribution in [1.82, 2.24) is 9.97 Å². The maximum absolute atomic E-state index is 11.3. The minimum atomic E-state index is -0.759. The molecule has 0 bridgehead atoms. The summed E-state index contributed by atoms with van der Waals surface area (Å²) in [4.78, 5) is 19.1. The summed E-state index contributed by atoms with van der Waals surface area (Å²) in [6.07, 6.45) is 11.5. The molecule has 1 unspecified atom stereocenters. The van der Waals surface area contributed by atoms with E-state index in [1.54, 1.807) is 12.4 Å². The Balaban J connectivity index is 2.05. The molecule has 0 aromatic carbocycles. The molecule has 0 saturated heterocycles. The molecule has 1 aliphatic rings. The molecule has 1 fully saturated rings. The van der Waals surface area contributed by atoms with Crippen molar-refractivity contribution < 1.29 is 9.90 Å². The van der Waals surface area contributed by atoms with Crippen LogP contribution >= 0.6 is 0 Å². The van der Waals surface area contributed by atoms with E-state index >= 15 is 0 Å². The molecule has 0 aliphatic heterocycles. The lowest BCUT2D eigenvalue weighted by Gasteiger charge is -2.24. The van der Waals surface area contributed by atoms with Gasteiger partial charge in [0.25, 0.3) is 0 Å². The quantitative estimate of drug-likeness (QED) is 0.869. The molecule has 17 heavy (non-hydrogen) atoms. The highest BCUT2D eigenvalue weighted by molar-refractivity contribution is 5.75. The number of nitrogens with zero attached hydrogens (tertiary/aromatic N) is 2. The highest BCUT2D eigenvalue weighted by atomic mass is 16.4. The van der Waals surface area contributed by atoms with Gasteiger partial charge in [0.15, 0.2) is 0 Å². The molecule has 1 saturated carbocycles. The first-order valence-electron chi connectivity index (χ1n) is 6.25.